The number of rotatable bonds is 6. The molecule has 0 fully saturated rings. The van der Waals surface area contributed by atoms with E-state index in [4.69, 9.17) is 23.2 Å². The molecule has 0 aliphatic carbocycles. The molecule has 0 atom stereocenters. The minimum Gasteiger partial charge on any atom is -0.300 e. The summed E-state index contributed by atoms with van der Waals surface area (Å²) in [5.41, 5.74) is 1.46. The predicted molar refractivity (Wildman–Crippen MR) is 84.5 cm³/mol. The Morgan fingerprint density at radius 3 is 1.59 bits per heavy atom. The van der Waals surface area contributed by atoms with E-state index in [1.165, 1.54) is 24.3 Å². The van der Waals surface area contributed by atoms with Crippen LogP contribution in [0.1, 0.15) is 24.0 Å². The first kappa shape index (κ1) is 16.9. The van der Waals surface area contributed by atoms with E-state index in [1.807, 2.05) is 0 Å². The molecule has 0 N–H and O–H groups in total. The smallest absolute Gasteiger partial charge is 0.142 e. The van der Waals surface area contributed by atoms with Crippen molar-refractivity contribution in [2.24, 2.45) is 0 Å². The third kappa shape index (κ3) is 4.79. The molecule has 2 rings (SSSR count). The molecule has 0 aliphatic rings. The third-order valence-corrected chi connectivity index (χ3v) is 3.97. The summed E-state index contributed by atoms with van der Waals surface area (Å²) in [6.07, 6.45) is 1.55. The van der Waals surface area contributed by atoms with E-state index in [1.54, 1.807) is 12.1 Å². The van der Waals surface area contributed by atoms with Crippen molar-refractivity contribution >= 4 is 29.0 Å². The van der Waals surface area contributed by atoms with Gasteiger partial charge in [0.05, 0.1) is 10.0 Å². The van der Waals surface area contributed by atoms with Gasteiger partial charge in [0.1, 0.15) is 17.4 Å². The lowest BCUT2D eigenvalue weighted by atomic mass is 10.0. The number of carbonyl (C=O) groups is 1. The van der Waals surface area contributed by atoms with E-state index < -0.39 is 11.6 Å². The van der Waals surface area contributed by atoms with Crippen LogP contribution in [0.2, 0.25) is 10.0 Å². The molecule has 0 aromatic heterocycles. The summed E-state index contributed by atoms with van der Waals surface area (Å²) in [5.74, 6) is -0.919. The lowest BCUT2D eigenvalue weighted by molar-refractivity contribution is -0.119. The fourth-order valence-electron chi connectivity index (χ4n) is 2.08. The number of Topliss-reactive ketones (excluding diaryl/α,β-unsaturated/α-hetero) is 1. The van der Waals surface area contributed by atoms with Crippen LogP contribution in [0.25, 0.3) is 0 Å². The second-order valence-electron chi connectivity index (χ2n) is 5.04. The Kier molecular flexibility index (Phi) is 5.92. The van der Waals surface area contributed by atoms with E-state index >= 15 is 0 Å². The summed E-state index contributed by atoms with van der Waals surface area (Å²) in [4.78, 5) is 11.9. The molecule has 116 valence electrons. The second kappa shape index (κ2) is 7.70. The van der Waals surface area contributed by atoms with Gasteiger partial charge in [0.25, 0.3) is 0 Å². The Hall–Kier alpha value is -1.45. The van der Waals surface area contributed by atoms with E-state index in [9.17, 15) is 13.6 Å². The fourth-order valence-corrected chi connectivity index (χ4v) is 2.32. The topological polar surface area (TPSA) is 17.1 Å². The average Bonchev–Trinajstić information content (AvgIpc) is 2.49. The maximum atomic E-state index is 13.3. The van der Waals surface area contributed by atoms with Gasteiger partial charge in [-0.05, 0) is 48.2 Å². The highest BCUT2D eigenvalue weighted by Gasteiger charge is 2.07. The first-order valence-corrected chi connectivity index (χ1v) is 7.61. The number of carbonyl (C=O) groups excluding carboxylic acids is 1. The molecule has 0 radical (unpaired) electrons. The van der Waals surface area contributed by atoms with Crippen molar-refractivity contribution in [3.05, 3.63) is 69.2 Å². The van der Waals surface area contributed by atoms with Gasteiger partial charge in [0.2, 0.25) is 0 Å². The molecule has 22 heavy (non-hydrogen) atoms. The average molecular weight is 343 g/mol. The van der Waals surface area contributed by atoms with Crippen molar-refractivity contribution in [3.63, 3.8) is 0 Å². The van der Waals surface area contributed by atoms with Crippen LogP contribution in [0.15, 0.2) is 36.4 Å². The van der Waals surface area contributed by atoms with Crippen molar-refractivity contribution in [2.75, 3.05) is 0 Å². The summed E-state index contributed by atoms with van der Waals surface area (Å²) in [5, 5.41) is 0.139. The van der Waals surface area contributed by atoms with E-state index in [0.717, 1.165) is 11.1 Å². The van der Waals surface area contributed by atoms with Crippen molar-refractivity contribution < 1.29 is 13.6 Å². The van der Waals surface area contributed by atoms with Crippen LogP contribution in [-0.2, 0) is 17.6 Å². The van der Waals surface area contributed by atoms with E-state index in [2.05, 4.69) is 0 Å². The Balaban J connectivity index is 1.82. The molecule has 1 nitrogen and oxygen atoms in total. The fraction of sp³-hybridized carbons (Fsp3) is 0.235. The molecule has 0 heterocycles. The zero-order valence-corrected chi connectivity index (χ0v) is 13.2. The number of benzene rings is 2. The molecule has 0 spiro atoms. The highest BCUT2D eigenvalue weighted by Crippen LogP contribution is 2.18. The summed E-state index contributed by atoms with van der Waals surface area (Å²) in [7, 11) is 0. The maximum Gasteiger partial charge on any atom is 0.142 e. The summed E-state index contributed by atoms with van der Waals surface area (Å²) < 4.78 is 26.6. The second-order valence-corrected chi connectivity index (χ2v) is 5.85. The largest absolute Gasteiger partial charge is 0.300 e. The Morgan fingerprint density at radius 2 is 1.23 bits per heavy atom. The van der Waals surface area contributed by atoms with Crippen molar-refractivity contribution in [3.8, 4) is 0 Å². The lowest BCUT2D eigenvalue weighted by Gasteiger charge is -2.04. The molecule has 0 unspecified atom stereocenters. The van der Waals surface area contributed by atoms with Gasteiger partial charge in [-0.3, -0.25) is 4.79 Å². The summed E-state index contributed by atoms with van der Waals surface area (Å²) in [6.45, 7) is 0. The normalized spacial score (nSPS) is 10.7. The Morgan fingerprint density at radius 1 is 0.818 bits per heavy atom. The monoisotopic (exact) mass is 342 g/mol. The van der Waals surface area contributed by atoms with Crippen molar-refractivity contribution in [2.45, 2.75) is 25.7 Å². The molecule has 2 aromatic rings. The minimum atomic E-state index is -0.483. The Bertz CT molecular complexity index is 629. The van der Waals surface area contributed by atoms with Crippen molar-refractivity contribution in [1.82, 2.24) is 0 Å². The van der Waals surface area contributed by atoms with Crippen LogP contribution in [0.5, 0.6) is 0 Å². The molecule has 0 saturated carbocycles. The highest BCUT2D eigenvalue weighted by molar-refractivity contribution is 6.31. The van der Waals surface area contributed by atoms with Gasteiger partial charge in [-0.15, -0.1) is 0 Å². The molecule has 2 aromatic carbocycles. The summed E-state index contributed by atoms with van der Waals surface area (Å²) in [6, 6.07) is 9.04. The van der Waals surface area contributed by atoms with Crippen LogP contribution >= 0.6 is 23.2 Å². The van der Waals surface area contributed by atoms with Gasteiger partial charge < -0.3 is 0 Å². The summed E-state index contributed by atoms with van der Waals surface area (Å²) >= 11 is 11.2. The lowest BCUT2D eigenvalue weighted by Crippen LogP contribution is -2.02. The number of aryl methyl sites for hydroxylation is 2. The standard InChI is InChI=1S/C17H14Cl2F2O/c18-14-7-3-11(9-16(14)20)1-5-13(22)6-2-12-4-8-15(19)17(21)10-12/h3-4,7-10H,1-2,5-6H2. The number of halogens is 4. The van der Waals surface area contributed by atoms with Crippen LogP contribution in [0.3, 0.4) is 0 Å². The minimum absolute atomic E-state index is 0.0470. The number of hydrogen-bond donors (Lipinski definition) is 0. The van der Waals surface area contributed by atoms with Gasteiger partial charge in [-0.2, -0.15) is 0 Å². The molecule has 0 amide bonds. The van der Waals surface area contributed by atoms with Gasteiger partial charge in [-0.25, -0.2) is 8.78 Å². The molecular weight excluding hydrogens is 329 g/mol. The first-order chi connectivity index (χ1) is 10.5. The van der Waals surface area contributed by atoms with Gasteiger partial charge in [0, 0.05) is 12.8 Å². The van der Waals surface area contributed by atoms with Crippen molar-refractivity contribution in [1.29, 1.82) is 0 Å². The molecule has 5 heteroatoms. The van der Waals surface area contributed by atoms with Crippen LogP contribution < -0.4 is 0 Å². The van der Waals surface area contributed by atoms with Crippen LogP contribution in [0.4, 0.5) is 8.78 Å². The molecule has 0 bridgehead atoms. The quantitative estimate of drug-likeness (QED) is 0.686. The molecule has 0 saturated heterocycles. The number of hydrogen-bond acceptors (Lipinski definition) is 1. The zero-order valence-electron chi connectivity index (χ0n) is 11.7. The van der Waals surface area contributed by atoms with E-state index in [0.29, 0.717) is 25.7 Å². The van der Waals surface area contributed by atoms with Gasteiger partial charge in [-0.1, -0.05) is 35.3 Å². The first-order valence-electron chi connectivity index (χ1n) is 6.85. The van der Waals surface area contributed by atoms with Crippen LogP contribution in [-0.4, -0.2) is 5.78 Å². The highest BCUT2D eigenvalue weighted by atomic mass is 35.5. The Labute approximate surface area is 137 Å². The molecule has 0 aliphatic heterocycles. The zero-order chi connectivity index (χ0) is 16.1. The van der Waals surface area contributed by atoms with Crippen LogP contribution in [0, 0.1) is 11.6 Å². The maximum absolute atomic E-state index is 13.3. The van der Waals surface area contributed by atoms with E-state index in [-0.39, 0.29) is 15.8 Å². The van der Waals surface area contributed by atoms with Gasteiger partial charge in [0.15, 0.2) is 0 Å². The SMILES string of the molecule is O=C(CCc1ccc(Cl)c(F)c1)CCc1ccc(Cl)c(F)c1. The third-order valence-electron chi connectivity index (χ3n) is 3.35. The molecular formula is C17H14Cl2F2O. The predicted octanol–water partition coefficient (Wildman–Crippen LogP) is 5.41. The number of ketones is 1. The van der Waals surface area contributed by atoms with Gasteiger partial charge >= 0.3 is 0 Å².